The number of carbonyl (C=O) groups is 1. The Morgan fingerprint density at radius 1 is 1.42 bits per heavy atom. The second kappa shape index (κ2) is 6.54. The van der Waals surface area contributed by atoms with Gasteiger partial charge in [-0.25, -0.2) is 9.97 Å². The SMILES string of the molecule is CC(=O)N[C@@]1(c2noc(C)n2)CCN(c2cc(NCC3CC3)ncn2)C1. The van der Waals surface area contributed by atoms with Gasteiger partial charge in [0.15, 0.2) is 5.82 Å². The Balaban J connectivity index is 1.53. The molecule has 2 aromatic heterocycles. The molecule has 26 heavy (non-hydrogen) atoms. The summed E-state index contributed by atoms with van der Waals surface area (Å²) < 4.78 is 5.14. The molecule has 2 aromatic rings. The molecule has 1 atom stereocenters. The second-order valence-electron chi connectivity index (χ2n) is 7.16. The number of amides is 1. The lowest BCUT2D eigenvalue weighted by atomic mass is 9.97. The topological polar surface area (TPSA) is 109 Å². The van der Waals surface area contributed by atoms with Crippen LogP contribution < -0.4 is 15.5 Å². The average molecular weight is 357 g/mol. The van der Waals surface area contributed by atoms with Crippen LogP contribution in [0.4, 0.5) is 11.6 Å². The van der Waals surface area contributed by atoms with Crippen LogP contribution in [0.3, 0.4) is 0 Å². The highest BCUT2D eigenvalue weighted by molar-refractivity contribution is 5.74. The van der Waals surface area contributed by atoms with E-state index in [0.717, 1.165) is 30.6 Å². The van der Waals surface area contributed by atoms with Crippen LogP contribution in [0, 0.1) is 12.8 Å². The van der Waals surface area contributed by atoms with Crippen LogP contribution in [-0.4, -0.2) is 45.7 Å². The molecule has 1 aliphatic carbocycles. The zero-order chi connectivity index (χ0) is 18.1. The molecule has 1 amide bonds. The minimum atomic E-state index is -0.670. The number of aromatic nitrogens is 4. The molecular weight excluding hydrogens is 334 g/mol. The molecule has 2 N–H and O–H groups in total. The van der Waals surface area contributed by atoms with Crippen molar-refractivity contribution in [2.45, 2.75) is 38.6 Å². The molecular formula is C17H23N7O2. The molecule has 0 spiro atoms. The van der Waals surface area contributed by atoms with Crippen molar-refractivity contribution in [2.24, 2.45) is 5.92 Å². The lowest BCUT2D eigenvalue weighted by Crippen LogP contribution is -2.48. The van der Waals surface area contributed by atoms with Crippen molar-refractivity contribution in [3.63, 3.8) is 0 Å². The standard InChI is InChI=1S/C17H23N7O2/c1-11(25)22-17(16-21-12(2)26-23-16)5-6-24(9-17)15-7-14(19-10-20-15)18-8-13-3-4-13/h7,10,13H,3-6,8-9H2,1-2H3,(H,22,25)(H,18,19,20)/t17-/m0/s1. The van der Waals surface area contributed by atoms with Crippen LogP contribution in [0.25, 0.3) is 0 Å². The highest BCUT2D eigenvalue weighted by Crippen LogP contribution is 2.33. The van der Waals surface area contributed by atoms with Crippen LogP contribution in [0.2, 0.25) is 0 Å². The molecule has 1 aliphatic heterocycles. The lowest BCUT2D eigenvalue weighted by molar-refractivity contribution is -0.120. The van der Waals surface area contributed by atoms with Crippen molar-refractivity contribution in [2.75, 3.05) is 29.9 Å². The highest BCUT2D eigenvalue weighted by Gasteiger charge is 2.44. The fourth-order valence-corrected chi connectivity index (χ4v) is 3.36. The molecule has 4 rings (SSSR count). The van der Waals surface area contributed by atoms with E-state index in [1.165, 1.54) is 19.8 Å². The number of nitrogens with zero attached hydrogens (tertiary/aromatic N) is 5. The van der Waals surface area contributed by atoms with E-state index in [4.69, 9.17) is 4.52 Å². The fourth-order valence-electron chi connectivity index (χ4n) is 3.36. The fraction of sp³-hybridized carbons (Fsp3) is 0.588. The van der Waals surface area contributed by atoms with Crippen molar-refractivity contribution in [1.82, 2.24) is 25.4 Å². The number of rotatable bonds is 6. The van der Waals surface area contributed by atoms with Gasteiger partial charge in [0.05, 0.1) is 0 Å². The average Bonchev–Trinajstić information content (AvgIpc) is 3.19. The van der Waals surface area contributed by atoms with Crippen LogP contribution in [0.1, 0.15) is 37.9 Å². The Bertz CT molecular complexity index is 804. The van der Waals surface area contributed by atoms with Gasteiger partial charge in [-0.05, 0) is 25.2 Å². The monoisotopic (exact) mass is 357 g/mol. The summed E-state index contributed by atoms with van der Waals surface area (Å²) in [6.45, 7) is 5.46. The lowest BCUT2D eigenvalue weighted by Gasteiger charge is -2.27. The number of aryl methyl sites for hydroxylation is 1. The summed E-state index contributed by atoms with van der Waals surface area (Å²) >= 11 is 0. The Labute approximate surface area is 151 Å². The molecule has 0 radical (unpaired) electrons. The van der Waals surface area contributed by atoms with Gasteiger partial charge in [-0.1, -0.05) is 5.16 Å². The summed E-state index contributed by atoms with van der Waals surface area (Å²) in [6.07, 6.45) is 4.84. The van der Waals surface area contributed by atoms with Gasteiger partial charge in [0.2, 0.25) is 11.8 Å². The van der Waals surface area contributed by atoms with Crippen LogP contribution in [-0.2, 0) is 10.3 Å². The van der Waals surface area contributed by atoms with Gasteiger partial charge < -0.3 is 20.1 Å². The largest absolute Gasteiger partial charge is 0.370 e. The first kappa shape index (κ1) is 16.7. The molecule has 138 valence electrons. The molecule has 2 aliphatic rings. The van der Waals surface area contributed by atoms with E-state index >= 15 is 0 Å². The zero-order valence-corrected chi connectivity index (χ0v) is 15.0. The third kappa shape index (κ3) is 3.47. The van der Waals surface area contributed by atoms with Crippen molar-refractivity contribution >= 4 is 17.5 Å². The predicted molar refractivity (Wildman–Crippen MR) is 94.6 cm³/mol. The third-order valence-electron chi connectivity index (χ3n) is 4.89. The minimum absolute atomic E-state index is 0.122. The molecule has 9 heteroatoms. The first-order valence-electron chi connectivity index (χ1n) is 8.94. The Morgan fingerprint density at radius 3 is 2.96 bits per heavy atom. The predicted octanol–water partition coefficient (Wildman–Crippen LogP) is 1.23. The highest BCUT2D eigenvalue weighted by atomic mass is 16.5. The Kier molecular flexibility index (Phi) is 4.21. The van der Waals surface area contributed by atoms with Gasteiger partial charge in [-0.3, -0.25) is 4.79 Å². The van der Waals surface area contributed by atoms with Gasteiger partial charge >= 0.3 is 0 Å². The van der Waals surface area contributed by atoms with Crippen molar-refractivity contribution in [3.05, 3.63) is 24.1 Å². The van der Waals surface area contributed by atoms with Gasteiger partial charge in [-0.2, -0.15) is 4.98 Å². The van der Waals surface area contributed by atoms with Crippen molar-refractivity contribution in [3.8, 4) is 0 Å². The van der Waals surface area contributed by atoms with E-state index in [2.05, 4.69) is 35.6 Å². The van der Waals surface area contributed by atoms with E-state index < -0.39 is 5.54 Å². The van der Waals surface area contributed by atoms with E-state index in [0.29, 0.717) is 24.7 Å². The van der Waals surface area contributed by atoms with Crippen molar-refractivity contribution < 1.29 is 9.32 Å². The van der Waals surface area contributed by atoms with Crippen LogP contribution in [0.15, 0.2) is 16.9 Å². The molecule has 9 nitrogen and oxygen atoms in total. The van der Waals surface area contributed by atoms with E-state index in [9.17, 15) is 4.79 Å². The van der Waals surface area contributed by atoms with Gasteiger partial charge in [0, 0.05) is 39.5 Å². The number of anilines is 2. The van der Waals surface area contributed by atoms with Crippen LogP contribution in [0.5, 0.6) is 0 Å². The summed E-state index contributed by atoms with van der Waals surface area (Å²) in [7, 11) is 0. The molecule has 1 saturated heterocycles. The number of nitrogens with one attached hydrogen (secondary N) is 2. The summed E-state index contributed by atoms with van der Waals surface area (Å²) in [5, 5.41) is 10.4. The maximum Gasteiger partial charge on any atom is 0.223 e. The first-order chi connectivity index (χ1) is 12.5. The quantitative estimate of drug-likeness (QED) is 0.794. The summed E-state index contributed by atoms with van der Waals surface area (Å²) in [6, 6.07) is 1.95. The minimum Gasteiger partial charge on any atom is -0.370 e. The zero-order valence-electron chi connectivity index (χ0n) is 15.0. The molecule has 3 heterocycles. The van der Waals surface area contributed by atoms with Gasteiger partial charge in [0.25, 0.3) is 0 Å². The van der Waals surface area contributed by atoms with Gasteiger partial charge in [0.1, 0.15) is 23.5 Å². The van der Waals surface area contributed by atoms with E-state index in [-0.39, 0.29) is 5.91 Å². The first-order valence-corrected chi connectivity index (χ1v) is 8.94. The molecule has 0 aromatic carbocycles. The summed E-state index contributed by atoms with van der Waals surface area (Å²) in [5.41, 5.74) is -0.670. The second-order valence-corrected chi connectivity index (χ2v) is 7.16. The van der Waals surface area contributed by atoms with Gasteiger partial charge in [-0.15, -0.1) is 0 Å². The summed E-state index contributed by atoms with van der Waals surface area (Å²) in [4.78, 5) is 27.0. The molecule has 1 saturated carbocycles. The van der Waals surface area contributed by atoms with Crippen LogP contribution >= 0.6 is 0 Å². The molecule has 0 unspecified atom stereocenters. The van der Waals surface area contributed by atoms with Crippen molar-refractivity contribution in [1.29, 1.82) is 0 Å². The smallest absolute Gasteiger partial charge is 0.223 e. The number of hydrogen-bond acceptors (Lipinski definition) is 8. The third-order valence-corrected chi connectivity index (χ3v) is 4.89. The number of hydrogen-bond donors (Lipinski definition) is 2. The van der Waals surface area contributed by atoms with E-state index in [1.807, 2.05) is 6.07 Å². The Hall–Kier alpha value is -2.71. The number of carbonyl (C=O) groups excluding carboxylic acids is 1. The maximum atomic E-state index is 11.8. The normalized spacial score (nSPS) is 22.5. The summed E-state index contributed by atoms with van der Waals surface area (Å²) in [5.74, 6) is 3.29. The molecule has 2 fully saturated rings. The van der Waals surface area contributed by atoms with E-state index in [1.54, 1.807) is 13.3 Å². The Morgan fingerprint density at radius 2 is 2.27 bits per heavy atom. The molecule has 0 bridgehead atoms. The maximum absolute atomic E-state index is 11.8.